The highest BCUT2D eigenvalue weighted by Gasteiger charge is 2.24. The van der Waals surface area contributed by atoms with Gasteiger partial charge in [-0.1, -0.05) is 0 Å². The number of amides is 2. The van der Waals surface area contributed by atoms with E-state index in [2.05, 4.69) is 20.2 Å². The summed E-state index contributed by atoms with van der Waals surface area (Å²) in [6.45, 7) is 1.94. The number of carbonyl (C=O) groups excluding carboxylic acids is 1. The number of nitrogens with zero attached hydrogens (tertiary/aromatic N) is 3. The lowest BCUT2D eigenvalue weighted by Gasteiger charge is -2.28. The molecule has 0 spiro atoms. The van der Waals surface area contributed by atoms with Crippen LogP contribution in [-0.4, -0.2) is 59.0 Å². The van der Waals surface area contributed by atoms with E-state index in [1.165, 1.54) is 0 Å². The van der Waals surface area contributed by atoms with Crippen molar-refractivity contribution in [3.05, 3.63) is 41.9 Å². The van der Waals surface area contributed by atoms with Crippen LogP contribution in [0.1, 0.15) is 23.6 Å². The molecule has 0 bridgehead atoms. The molecule has 0 aromatic carbocycles. The van der Waals surface area contributed by atoms with E-state index in [1.807, 2.05) is 26.2 Å². The van der Waals surface area contributed by atoms with Crippen LogP contribution in [-0.2, 0) is 19.4 Å². The van der Waals surface area contributed by atoms with Crippen molar-refractivity contribution in [3.8, 4) is 0 Å². The van der Waals surface area contributed by atoms with Gasteiger partial charge in [0.25, 0.3) is 0 Å². The van der Waals surface area contributed by atoms with Crippen molar-refractivity contribution in [2.75, 3.05) is 27.2 Å². The Labute approximate surface area is 142 Å². The predicted octanol–water partition coefficient (Wildman–Crippen LogP) is 1.63. The van der Waals surface area contributed by atoms with E-state index >= 15 is 0 Å². The van der Waals surface area contributed by atoms with Gasteiger partial charge in [-0.2, -0.15) is 0 Å². The number of aryl methyl sites for hydroxylation is 1. The average Bonchev–Trinajstić information content (AvgIpc) is 3.21. The maximum absolute atomic E-state index is 12.7. The first-order valence-electron chi connectivity index (χ1n) is 8.35. The predicted molar refractivity (Wildman–Crippen MR) is 90.6 cm³/mol. The molecular formula is C17H25N5O2. The van der Waals surface area contributed by atoms with Crippen molar-refractivity contribution in [2.24, 2.45) is 0 Å². The molecule has 1 aliphatic carbocycles. The van der Waals surface area contributed by atoms with Gasteiger partial charge in [-0.3, -0.25) is 0 Å². The molecule has 2 N–H and O–H groups in total. The molecule has 0 saturated heterocycles. The normalized spacial score (nSPS) is 16.9. The number of furan rings is 1. The molecule has 7 heteroatoms. The van der Waals surface area contributed by atoms with Crippen LogP contribution in [0.25, 0.3) is 0 Å². The summed E-state index contributed by atoms with van der Waals surface area (Å²) < 4.78 is 5.40. The second-order valence-corrected chi connectivity index (χ2v) is 6.52. The van der Waals surface area contributed by atoms with Crippen LogP contribution < -0.4 is 5.32 Å². The number of hydrogen-bond donors (Lipinski definition) is 2. The molecule has 2 amide bonds. The van der Waals surface area contributed by atoms with Crippen LogP contribution in [0.4, 0.5) is 4.79 Å². The van der Waals surface area contributed by atoms with Crippen LogP contribution >= 0.6 is 0 Å². The van der Waals surface area contributed by atoms with Gasteiger partial charge >= 0.3 is 6.03 Å². The molecule has 0 radical (unpaired) electrons. The van der Waals surface area contributed by atoms with Crippen LogP contribution in [0.15, 0.2) is 29.1 Å². The Balaban J connectivity index is 1.60. The molecule has 24 heavy (non-hydrogen) atoms. The fourth-order valence-electron chi connectivity index (χ4n) is 2.95. The van der Waals surface area contributed by atoms with Crippen LogP contribution in [0.2, 0.25) is 0 Å². The van der Waals surface area contributed by atoms with Gasteiger partial charge in [-0.15, -0.1) is 0 Å². The lowest BCUT2D eigenvalue weighted by atomic mass is 9.96. The number of nitrogens with one attached hydrogen (secondary N) is 2. The second kappa shape index (κ2) is 7.53. The summed E-state index contributed by atoms with van der Waals surface area (Å²) in [7, 11) is 4.01. The van der Waals surface area contributed by atoms with E-state index in [9.17, 15) is 4.79 Å². The number of imidazole rings is 1. The first-order valence-corrected chi connectivity index (χ1v) is 8.35. The third-order valence-corrected chi connectivity index (χ3v) is 4.35. The molecule has 1 aliphatic rings. The summed E-state index contributed by atoms with van der Waals surface area (Å²) >= 11 is 0. The fraction of sp³-hybridized carbons (Fsp3) is 0.529. The SMILES string of the molecule is CN(C)CCN(Cc1ccco1)C(=O)NC1CCc2nc[nH]c2C1. The van der Waals surface area contributed by atoms with Gasteiger partial charge in [-0.25, -0.2) is 9.78 Å². The molecule has 2 heterocycles. The Bertz CT molecular complexity index is 650. The van der Waals surface area contributed by atoms with E-state index in [-0.39, 0.29) is 12.1 Å². The molecule has 3 rings (SSSR count). The third kappa shape index (κ3) is 4.17. The molecule has 0 fully saturated rings. The van der Waals surface area contributed by atoms with Crippen molar-refractivity contribution in [1.82, 2.24) is 25.1 Å². The van der Waals surface area contributed by atoms with Crippen molar-refractivity contribution in [3.63, 3.8) is 0 Å². The van der Waals surface area contributed by atoms with Gasteiger partial charge in [0.2, 0.25) is 0 Å². The molecule has 1 unspecified atom stereocenters. The van der Waals surface area contributed by atoms with Crippen LogP contribution in [0, 0.1) is 0 Å². The zero-order chi connectivity index (χ0) is 16.9. The Hall–Kier alpha value is -2.28. The molecule has 2 aromatic rings. The molecule has 7 nitrogen and oxygen atoms in total. The number of H-pyrrole nitrogens is 1. The number of aromatic amines is 1. The van der Waals surface area contributed by atoms with Gasteiger partial charge < -0.3 is 24.5 Å². The van der Waals surface area contributed by atoms with Crippen molar-refractivity contribution >= 4 is 6.03 Å². The van der Waals surface area contributed by atoms with E-state index < -0.39 is 0 Å². The highest BCUT2D eigenvalue weighted by atomic mass is 16.3. The molecule has 0 saturated carbocycles. The van der Waals surface area contributed by atoms with Gasteiger partial charge in [0.1, 0.15) is 5.76 Å². The lowest BCUT2D eigenvalue weighted by molar-refractivity contribution is 0.179. The number of hydrogen-bond acceptors (Lipinski definition) is 4. The van der Waals surface area contributed by atoms with E-state index in [1.54, 1.807) is 17.5 Å². The van der Waals surface area contributed by atoms with E-state index in [4.69, 9.17) is 4.42 Å². The molecule has 130 valence electrons. The van der Waals surface area contributed by atoms with Crippen molar-refractivity contribution in [2.45, 2.75) is 31.8 Å². The van der Waals surface area contributed by atoms with Crippen LogP contribution in [0.5, 0.6) is 0 Å². The van der Waals surface area contributed by atoms with Gasteiger partial charge in [0.15, 0.2) is 0 Å². The summed E-state index contributed by atoms with van der Waals surface area (Å²) in [5.41, 5.74) is 2.26. The molecule has 1 atom stereocenters. The summed E-state index contributed by atoms with van der Waals surface area (Å²) in [6, 6.07) is 3.84. The second-order valence-electron chi connectivity index (χ2n) is 6.52. The summed E-state index contributed by atoms with van der Waals surface area (Å²) in [4.78, 5) is 24.1. The van der Waals surface area contributed by atoms with E-state index in [0.29, 0.717) is 13.1 Å². The minimum absolute atomic E-state index is 0.0405. The third-order valence-electron chi connectivity index (χ3n) is 4.35. The number of urea groups is 1. The monoisotopic (exact) mass is 331 g/mol. The first-order chi connectivity index (χ1) is 11.6. The largest absolute Gasteiger partial charge is 0.467 e. The van der Waals surface area contributed by atoms with Gasteiger partial charge in [0.05, 0.1) is 24.8 Å². The standard InChI is InChI=1S/C17H25N5O2/c1-21(2)7-8-22(11-14-4-3-9-24-14)17(23)20-13-5-6-15-16(10-13)19-12-18-15/h3-4,9,12-13H,5-8,10-11H2,1-2H3,(H,18,19)(H,20,23). The minimum atomic E-state index is -0.0405. The number of carbonyl (C=O) groups is 1. The fourth-order valence-corrected chi connectivity index (χ4v) is 2.95. The smallest absolute Gasteiger partial charge is 0.318 e. The maximum atomic E-state index is 12.7. The Morgan fingerprint density at radius 2 is 2.33 bits per heavy atom. The number of likely N-dealkylation sites (N-methyl/N-ethyl adjacent to an activating group) is 1. The van der Waals surface area contributed by atoms with E-state index in [0.717, 1.165) is 43.0 Å². The lowest BCUT2D eigenvalue weighted by Crippen LogP contribution is -2.48. The quantitative estimate of drug-likeness (QED) is 0.843. The highest BCUT2D eigenvalue weighted by Crippen LogP contribution is 2.18. The van der Waals surface area contributed by atoms with Crippen LogP contribution in [0.3, 0.4) is 0 Å². The first kappa shape index (κ1) is 16.6. The zero-order valence-electron chi connectivity index (χ0n) is 14.3. The summed E-state index contributed by atoms with van der Waals surface area (Å²) in [5.74, 6) is 0.795. The minimum Gasteiger partial charge on any atom is -0.467 e. The summed E-state index contributed by atoms with van der Waals surface area (Å²) in [6.07, 6.45) is 6.00. The number of aromatic nitrogens is 2. The molecular weight excluding hydrogens is 306 g/mol. The van der Waals surface area contributed by atoms with Crippen molar-refractivity contribution < 1.29 is 9.21 Å². The Morgan fingerprint density at radius 3 is 3.08 bits per heavy atom. The topological polar surface area (TPSA) is 77.4 Å². The Kier molecular flexibility index (Phi) is 5.20. The highest BCUT2D eigenvalue weighted by molar-refractivity contribution is 5.74. The van der Waals surface area contributed by atoms with Crippen molar-refractivity contribution in [1.29, 1.82) is 0 Å². The summed E-state index contributed by atoms with van der Waals surface area (Å²) in [5, 5.41) is 3.16. The maximum Gasteiger partial charge on any atom is 0.318 e. The molecule has 2 aromatic heterocycles. The number of fused-ring (bicyclic) bond motifs is 1. The average molecular weight is 331 g/mol. The zero-order valence-corrected chi connectivity index (χ0v) is 14.3. The Morgan fingerprint density at radius 1 is 1.46 bits per heavy atom. The molecule has 0 aliphatic heterocycles. The van der Waals surface area contributed by atoms with Gasteiger partial charge in [-0.05, 0) is 39.1 Å². The number of rotatable bonds is 6. The van der Waals surface area contributed by atoms with Gasteiger partial charge in [0, 0.05) is 31.2 Å².